The molecule has 0 aliphatic heterocycles. The molecule has 18 heavy (non-hydrogen) atoms. The Kier molecular flexibility index (Phi) is 3.15. The van der Waals surface area contributed by atoms with E-state index in [1.165, 1.54) is 24.0 Å². The number of hydrogen-bond acceptors (Lipinski definition) is 2. The molecule has 1 aromatic heterocycles. The Morgan fingerprint density at radius 1 is 1.28 bits per heavy atom. The lowest BCUT2D eigenvalue weighted by Gasteiger charge is -2.28. The Bertz CT molecular complexity index is 504. The fourth-order valence-electron chi connectivity index (χ4n) is 2.79. The highest BCUT2D eigenvalue weighted by molar-refractivity contribution is 5.30. The minimum atomic E-state index is 0.336. The SMILES string of the molecule is CC(NC1CCc2ccccc2C1)c1ccn[nH]1. The van der Waals surface area contributed by atoms with Gasteiger partial charge in [0, 0.05) is 18.3 Å². The van der Waals surface area contributed by atoms with Gasteiger partial charge in [0.2, 0.25) is 0 Å². The smallest absolute Gasteiger partial charge is 0.0518 e. The molecule has 1 aromatic carbocycles. The molecule has 3 rings (SSSR count). The molecule has 2 unspecified atom stereocenters. The second-order valence-corrected chi connectivity index (χ2v) is 5.11. The van der Waals surface area contributed by atoms with Crippen LogP contribution in [0, 0.1) is 0 Å². The van der Waals surface area contributed by atoms with Crippen LogP contribution in [0.5, 0.6) is 0 Å². The highest BCUT2D eigenvalue weighted by Gasteiger charge is 2.20. The first kappa shape index (κ1) is 11.5. The second kappa shape index (κ2) is 4.94. The van der Waals surface area contributed by atoms with Gasteiger partial charge in [-0.3, -0.25) is 5.10 Å². The minimum Gasteiger partial charge on any atom is -0.306 e. The summed E-state index contributed by atoms with van der Waals surface area (Å²) in [6, 6.07) is 11.7. The molecule has 3 nitrogen and oxygen atoms in total. The molecule has 1 heterocycles. The van der Waals surface area contributed by atoms with Gasteiger partial charge in [0.15, 0.2) is 0 Å². The number of aromatic nitrogens is 2. The third kappa shape index (κ3) is 2.31. The van der Waals surface area contributed by atoms with Crippen molar-refractivity contribution in [3.63, 3.8) is 0 Å². The molecule has 0 saturated carbocycles. The summed E-state index contributed by atoms with van der Waals surface area (Å²) in [5.41, 5.74) is 4.18. The second-order valence-electron chi connectivity index (χ2n) is 5.11. The molecule has 0 radical (unpaired) electrons. The maximum atomic E-state index is 4.01. The zero-order chi connectivity index (χ0) is 12.4. The van der Waals surface area contributed by atoms with E-state index in [1.54, 1.807) is 0 Å². The highest BCUT2D eigenvalue weighted by atomic mass is 15.1. The van der Waals surface area contributed by atoms with Crippen LogP contribution >= 0.6 is 0 Å². The number of nitrogens with one attached hydrogen (secondary N) is 2. The number of rotatable bonds is 3. The first-order chi connectivity index (χ1) is 8.83. The number of aromatic amines is 1. The van der Waals surface area contributed by atoms with E-state index in [9.17, 15) is 0 Å². The number of aryl methyl sites for hydroxylation is 1. The quantitative estimate of drug-likeness (QED) is 0.867. The van der Waals surface area contributed by atoms with E-state index < -0.39 is 0 Å². The summed E-state index contributed by atoms with van der Waals surface area (Å²) < 4.78 is 0. The summed E-state index contributed by atoms with van der Waals surface area (Å²) in [5.74, 6) is 0. The van der Waals surface area contributed by atoms with Crippen LogP contribution in [0.2, 0.25) is 0 Å². The van der Waals surface area contributed by atoms with Crippen molar-refractivity contribution in [2.45, 2.75) is 38.3 Å². The lowest BCUT2D eigenvalue weighted by atomic mass is 9.88. The molecule has 0 saturated heterocycles. The van der Waals surface area contributed by atoms with Crippen molar-refractivity contribution < 1.29 is 0 Å². The van der Waals surface area contributed by atoms with Gasteiger partial charge in [0.05, 0.1) is 5.69 Å². The Morgan fingerprint density at radius 2 is 2.11 bits per heavy atom. The Balaban J connectivity index is 1.66. The van der Waals surface area contributed by atoms with Crippen LogP contribution < -0.4 is 5.32 Å². The van der Waals surface area contributed by atoms with Crippen LogP contribution in [0.15, 0.2) is 36.5 Å². The van der Waals surface area contributed by atoms with Crippen LogP contribution in [0.1, 0.15) is 36.2 Å². The fourth-order valence-corrected chi connectivity index (χ4v) is 2.79. The van der Waals surface area contributed by atoms with Crippen LogP contribution in [-0.2, 0) is 12.8 Å². The van der Waals surface area contributed by atoms with Crippen molar-refractivity contribution in [3.05, 3.63) is 53.3 Å². The number of benzene rings is 1. The standard InChI is InChI=1S/C15H19N3/c1-11(15-8-9-16-18-15)17-14-7-6-12-4-2-3-5-13(12)10-14/h2-5,8-9,11,14,17H,6-7,10H2,1H3,(H,16,18). The van der Waals surface area contributed by atoms with E-state index in [-0.39, 0.29) is 0 Å². The summed E-state index contributed by atoms with van der Waals surface area (Å²) in [6.45, 7) is 2.19. The van der Waals surface area contributed by atoms with Crippen molar-refractivity contribution >= 4 is 0 Å². The topological polar surface area (TPSA) is 40.7 Å². The van der Waals surface area contributed by atoms with Crippen molar-refractivity contribution in [3.8, 4) is 0 Å². The van der Waals surface area contributed by atoms with Crippen LogP contribution in [0.4, 0.5) is 0 Å². The molecule has 1 aliphatic rings. The fraction of sp³-hybridized carbons (Fsp3) is 0.400. The predicted molar refractivity (Wildman–Crippen MR) is 72.4 cm³/mol. The molecular weight excluding hydrogens is 222 g/mol. The van der Waals surface area contributed by atoms with E-state index in [1.807, 2.05) is 12.3 Å². The average Bonchev–Trinajstić information content (AvgIpc) is 2.92. The van der Waals surface area contributed by atoms with Crippen molar-refractivity contribution in [1.29, 1.82) is 0 Å². The normalized spacial score (nSPS) is 20.4. The van der Waals surface area contributed by atoms with Crippen LogP contribution in [-0.4, -0.2) is 16.2 Å². The average molecular weight is 241 g/mol. The molecule has 0 fully saturated rings. The van der Waals surface area contributed by atoms with Crippen LogP contribution in [0.3, 0.4) is 0 Å². The number of hydrogen-bond donors (Lipinski definition) is 2. The van der Waals surface area contributed by atoms with Crippen molar-refractivity contribution in [1.82, 2.24) is 15.5 Å². The molecule has 3 heteroatoms. The van der Waals surface area contributed by atoms with Crippen LogP contribution in [0.25, 0.3) is 0 Å². The van der Waals surface area contributed by atoms with Crippen molar-refractivity contribution in [2.75, 3.05) is 0 Å². The zero-order valence-corrected chi connectivity index (χ0v) is 10.7. The van der Waals surface area contributed by atoms with Gasteiger partial charge in [-0.15, -0.1) is 0 Å². The monoisotopic (exact) mass is 241 g/mol. The van der Waals surface area contributed by atoms with E-state index in [0.717, 1.165) is 12.1 Å². The molecule has 0 spiro atoms. The van der Waals surface area contributed by atoms with Gasteiger partial charge in [-0.1, -0.05) is 24.3 Å². The summed E-state index contributed by atoms with van der Waals surface area (Å²) in [7, 11) is 0. The van der Waals surface area contributed by atoms with Gasteiger partial charge in [-0.05, 0) is 43.4 Å². The molecule has 0 amide bonds. The summed E-state index contributed by atoms with van der Waals surface area (Å²) in [5, 5.41) is 10.7. The number of fused-ring (bicyclic) bond motifs is 1. The van der Waals surface area contributed by atoms with Gasteiger partial charge in [0.1, 0.15) is 0 Å². The van der Waals surface area contributed by atoms with Gasteiger partial charge in [-0.2, -0.15) is 5.10 Å². The Labute approximate surface area is 108 Å². The molecule has 2 atom stereocenters. The lowest BCUT2D eigenvalue weighted by molar-refractivity contribution is 0.409. The maximum Gasteiger partial charge on any atom is 0.0518 e. The van der Waals surface area contributed by atoms with Gasteiger partial charge < -0.3 is 5.32 Å². The predicted octanol–water partition coefficient (Wildman–Crippen LogP) is 2.62. The van der Waals surface area contributed by atoms with Gasteiger partial charge >= 0.3 is 0 Å². The maximum absolute atomic E-state index is 4.01. The van der Waals surface area contributed by atoms with Gasteiger partial charge in [0.25, 0.3) is 0 Å². The molecule has 2 aromatic rings. The molecule has 94 valence electrons. The zero-order valence-electron chi connectivity index (χ0n) is 10.7. The minimum absolute atomic E-state index is 0.336. The van der Waals surface area contributed by atoms with E-state index >= 15 is 0 Å². The summed E-state index contributed by atoms with van der Waals surface area (Å²) in [6.07, 6.45) is 5.34. The van der Waals surface area contributed by atoms with Gasteiger partial charge in [-0.25, -0.2) is 0 Å². The largest absolute Gasteiger partial charge is 0.306 e. The number of H-pyrrole nitrogens is 1. The van der Waals surface area contributed by atoms with Crippen molar-refractivity contribution in [2.24, 2.45) is 0 Å². The number of nitrogens with zero attached hydrogens (tertiary/aromatic N) is 1. The summed E-state index contributed by atoms with van der Waals surface area (Å²) >= 11 is 0. The first-order valence-electron chi connectivity index (χ1n) is 6.65. The summed E-state index contributed by atoms with van der Waals surface area (Å²) in [4.78, 5) is 0. The highest BCUT2D eigenvalue weighted by Crippen LogP contribution is 2.22. The lowest BCUT2D eigenvalue weighted by Crippen LogP contribution is -2.36. The molecule has 0 bridgehead atoms. The third-order valence-electron chi connectivity index (χ3n) is 3.82. The Hall–Kier alpha value is -1.61. The Morgan fingerprint density at radius 3 is 2.89 bits per heavy atom. The third-order valence-corrected chi connectivity index (χ3v) is 3.82. The van der Waals surface area contributed by atoms with E-state index in [0.29, 0.717) is 12.1 Å². The van der Waals surface area contributed by atoms with E-state index in [2.05, 4.69) is 46.7 Å². The first-order valence-corrected chi connectivity index (χ1v) is 6.65. The molecule has 2 N–H and O–H groups in total. The molecule has 1 aliphatic carbocycles. The van der Waals surface area contributed by atoms with E-state index in [4.69, 9.17) is 0 Å². The molecular formula is C15H19N3.